The normalized spacial score (nSPS) is 14.7. The van der Waals surface area contributed by atoms with E-state index in [2.05, 4.69) is 20.3 Å². The van der Waals surface area contributed by atoms with Crippen LogP contribution < -0.4 is 10.5 Å². The van der Waals surface area contributed by atoms with Crippen LogP contribution in [-0.2, 0) is 11.3 Å². The highest BCUT2D eigenvalue weighted by molar-refractivity contribution is 5.59. The largest absolute Gasteiger partial charge is 0.378 e. The average Bonchev–Trinajstić information content (AvgIpc) is 3.15. The molecule has 0 spiro atoms. The second-order valence-electron chi connectivity index (χ2n) is 6.36. The van der Waals surface area contributed by atoms with E-state index >= 15 is 0 Å². The van der Waals surface area contributed by atoms with E-state index in [-0.39, 0.29) is 18.2 Å². The first-order valence-electron chi connectivity index (χ1n) is 8.29. The number of ether oxygens (including phenoxy) is 1. The zero-order valence-corrected chi connectivity index (χ0v) is 14.8. The third-order valence-electron chi connectivity index (χ3n) is 4.56. The summed E-state index contributed by atoms with van der Waals surface area (Å²) in [6, 6.07) is 3.36. The molecule has 9 nitrogen and oxygen atoms in total. The molecule has 0 saturated carbocycles. The van der Waals surface area contributed by atoms with Crippen molar-refractivity contribution in [3.8, 4) is 11.4 Å². The van der Waals surface area contributed by atoms with Gasteiger partial charge in [0.25, 0.3) is 5.56 Å². The molecule has 1 aliphatic rings. The second kappa shape index (κ2) is 6.41. The minimum atomic E-state index is -0.189. The van der Waals surface area contributed by atoms with Gasteiger partial charge in [-0.1, -0.05) is 10.3 Å². The lowest BCUT2D eigenvalue weighted by molar-refractivity contribution is 0.0787. The van der Waals surface area contributed by atoms with Crippen molar-refractivity contribution in [1.29, 1.82) is 0 Å². The Kier molecular flexibility index (Phi) is 4.08. The zero-order chi connectivity index (χ0) is 18.3. The van der Waals surface area contributed by atoms with Crippen LogP contribution in [0.1, 0.15) is 17.1 Å². The summed E-state index contributed by atoms with van der Waals surface area (Å²) >= 11 is 0. The van der Waals surface area contributed by atoms with Gasteiger partial charge >= 0.3 is 0 Å². The summed E-state index contributed by atoms with van der Waals surface area (Å²) in [5.41, 5.74) is 2.50. The van der Waals surface area contributed by atoms with Gasteiger partial charge in [0.15, 0.2) is 0 Å². The number of nitrogens with zero attached hydrogens (tertiary/aromatic N) is 5. The molecule has 3 aromatic rings. The van der Waals surface area contributed by atoms with E-state index in [1.165, 1.54) is 4.68 Å². The smallest absolute Gasteiger partial charge is 0.269 e. The second-order valence-corrected chi connectivity index (χ2v) is 6.36. The SMILES string of the molecule is COC1CN(c2cnn(Cc3c(-c4cc(C)on4)noc3C)c(=O)c2)C1. The Balaban J connectivity index is 1.59. The van der Waals surface area contributed by atoms with Gasteiger partial charge in [-0.2, -0.15) is 5.10 Å². The fourth-order valence-corrected chi connectivity index (χ4v) is 2.92. The van der Waals surface area contributed by atoms with Crippen LogP contribution in [0.4, 0.5) is 5.69 Å². The predicted molar refractivity (Wildman–Crippen MR) is 92.1 cm³/mol. The van der Waals surface area contributed by atoms with Crippen LogP contribution in [0.3, 0.4) is 0 Å². The Morgan fingerprint density at radius 3 is 2.69 bits per heavy atom. The Hall–Kier alpha value is -2.94. The molecular formula is C17H19N5O4. The molecule has 26 heavy (non-hydrogen) atoms. The number of anilines is 1. The highest BCUT2D eigenvalue weighted by Gasteiger charge is 2.27. The summed E-state index contributed by atoms with van der Waals surface area (Å²) in [6.07, 6.45) is 1.90. The van der Waals surface area contributed by atoms with Crippen molar-refractivity contribution in [1.82, 2.24) is 20.1 Å². The molecule has 1 fully saturated rings. The Labute approximate surface area is 149 Å². The third kappa shape index (κ3) is 2.90. The van der Waals surface area contributed by atoms with Crippen molar-refractivity contribution in [2.45, 2.75) is 26.5 Å². The fourth-order valence-electron chi connectivity index (χ4n) is 2.92. The molecule has 0 radical (unpaired) electrons. The minimum absolute atomic E-state index is 0.189. The van der Waals surface area contributed by atoms with Gasteiger partial charge in [0.1, 0.15) is 22.9 Å². The van der Waals surface area contributed by atoms with Crippen LogP contribution >= 0.6 is 0 Å². The van der Waals surface area contributed by atoms with E-state index in [1.807, 2.05) is 0 Å². The van der Waals surface area contributed by atoms with Crippen LogP contribution in [0.15, 0.2) is 32.2 Å². The molecule has 9 heteroatoms. The van der Waals surface area contributed by atoms with Crippen molar-refractivity contribution in [3.05, 3.63) is 45.8 Å². The molecular weight excluding hydrogens is 338 g/mol. The maximum absolute atomic E-state index is 12.5. The predicted octanol–water partition coefficient (Wildman–Crippen LogP) is 1.39. The molecule has 3 aromatic heterocycles. The number of rotatable bonds is 5. The van der Waals surface area contributed by atoms with Crippen molar-refractivity contribution < 1.29 is 13.8 Å². The summed E-state index contributed by atoms with van der Waals surface area (Å²) < 4.78 is 17.0. The Bertz CT molecular complexity index is 983. The van der Waals surface area contributed by atoms with Crippen LogP contribution in [-0.4, -0.2) is 46.4 Å². The number of hydrogen-bond acceptors (Lipinski definition) is 8. The number of aromatic nitrogens is 4. The number of hydrogen-bond donors (Lipinski definition) is 0. The van der Waals surface area contributed by atoms with Crippen molar-refractivity contribution in [3.63, 3.8) is 0 Å². The molecule has 1 aliphatic heterocycles. The first-order valence-corrected chi connectivity index (χ1v) is 8.29. The third-order valence-corrected chi connectivity index (χ3v) is 4.56. The highest BCUT2D eigenvalue weighted by atomic mass is 16.5. The van der Waals surface area contributed by atoms with Gasteiger partial charge in [-0.3, -0.25) is 4.79 Å². The molecule has 4 heterocycles. The first-order chi connectivity index (χ1) is 12.5. The lowest BCUT2D eigenvalue weighted by Gasteiger charge is -2.39. The van der Waals surface area contributed by atoms with Crippen LogP contribution in [0.25, 0.3) is 11.4 Å². The monoisotopic (exact) mass is 357 g/mol. The first kappa shape index (κ1) is 16.5. The van der Waals surface area contributed by atoms with Crippen LogP contribution in [0.5, 0.6) is 0 Å². The highest BCUT2D eigenvalue weighted by Crippen LogP contribution is 2.25. The van der Waals surface area contributed by atoms with Crippen LogP contribution in [0, 0.1) is 13.8 Å². The maximum Gasteiger partial charge on any atom is 0.269 e. The van der Waals surface area contributed by atoms with Crippen LogP contribution in [0.2, 0.25) is 0 Å². The average molecular weight is 357 g/mol. The molecule has 0 amide bonds. The fraction of sp³-hybridized carbons (Fsp3) is 0.412. The molecule has 1 saturated heterocycles. The van der Waals surface area contributed by atoms with Gasteiger partial charge in [-0.05, 0) is 13.8 Å². The van der Waals surface area contributed by atoms with E-state index in [9.17, 15) is 4.79 Å². The molecule has 0 aromatic carbocycles. The van der Waals surface area contributed by atoms with E-state index in [4.69, 9.17) is 13.8 Å². The Morgan fingerprint density at radius 2 is 2.04 bits per heavy atom. The topological polar surface area (TPSA) is 99.4 Å². The summed E-state index contributed by atoms with van der Waals surface area (Å²) in [5, 5.41) is 12.3. The van der Waals surface area contributed by atoms with Gasteiger partial charge in [-0.15, -0.1) is 0 Å². The van der Waals surface area contributed by atoms with Gasteiger partial charge in [-0.25, -0.2) is 4.68 Å². The lowest BCUT2D eigenvalue weighted by Crippen LogP contribution is -2.52. The quantitative estimate of drug-likeness (QED) is 0.675. The van der Waals surface area contributed by atoms with Gasteiger partial charge in [0.2, 0.25) is 0 Å². The summed E-state index contributed by atoms with van der Waals surface area (Å²) in [5.74, 6) is 1.29. The summed E-state index contributed by atoms with van der Waals surface area (Å²) in [7, 11) is 1.69. The summed E-state index contributed by atoms with van der Waals surface area (Å²) in [6.45, 7) is 5.38. The molecule has 0 bridgehead atoms. The van der Waals surface area contributed by atoms with Gasteiger partial charge in [0.05, 0.1) is 24.5 Å². The van der Waals surface area contributed by atoms with E-state index in [0.29, 0.717) is 22.9 Å². The Morgan fingerprint density at radius 1 is 1.23 bits per heavy atom. The molecule has 4 rings (SSSR count). The van der Waals surface area contributed by atoms with Crippen molar-refractivity contribution >= 4 is 5.69 Å². The van der Waals surface area contributed by atoms with E-state index in [0.717, 1.165) is 24.3 Å². The lowest BCUT2D eigenvalue weighted by atomic mass is 10.1. The maximum atomic E-state index is 12.5. The molecule has 136 valence electrons. The molecule has 0 aliphatic carbocycles. The molecule has 0 N–H and O–H groups in total. The minimum Gasteiger partial charge on any atom is -0.378 e. The van der Waals surface area contributed by atoms with E-state index < -0.39 is 0 Å². The van der Waals surface area contributed by atoms with Crippen molar-refractivity contribution in [2.75, 3.05) is 25.1 Å². The zero-order valence-electron chi connectivity index (χ0n) is 14.8. The number of methoxy groups -OCH3 is 1. The van der Waals surface area contributed by atoms with E-state index in [1.54, 1.807) is 39.3 Å². The molecule has 0 atom stereocenters. The van der Waals surface area contributed by atoms with Crippen molar-refractivity contribution in [2.24, 2.45) is 0 Å². The van der Waals surface area contributed by atoms with Gasteiger partial charge < -0.3 is 18.7 Å². The summed E-state index contributed by atoms with van der Waals surface area (Å²) in [4.78, 5) is 14.5. The van der Waals surface area contributed by atoms with Gasteiger partial charge in [0, 0.05) is 37.9 Å². The standard InChI is InChI=1S/C17H19N5O4/c1-10-4-15(19-25-10)17-14(11(2)26-20-17)9-22-16(23)5-12(6-18-22)21-7-13(8-21)24-3/h4-6,13H,7-9H2,1-3H3. The molecule has 0 unspecified atom stereocenters. The number of aryl methyl sites for hydroxylation is 2.